The van der Waals surface area contributed by atoms with Crippen LogP contribution in [0, 0.1) is 5.92 Å². The molecule has 2 aliphatic rings. The van der Waals surface area contributed by atoms with Crippen molar-refractivity contribution in [2.75, 3.05) is 6.54 Å². The quantitative estimate of drug-likeness (QED) is 0.749. The third-order valence-corrected chi connectivity index (χ3v) is 5.56. The van der Waals surface area contributed by atoms with Gasteiger partial charge in [0.15, 0.2) is 5.17 Å². The number of rotatable bonds is 4. The molecule has 2 aromatic carbocycles. The van der Waals surface area contributed by atoms with Crippen LogP contribution in [0.2, 0.25) is 0 Å². The van der Waals surface area contributed by atoms with Crippen LogP contribution in [0.3, 0.4) is 0 Å². The molecular formula is C21H22N2S. The Balaban J connectivity index is 1.75. The molecule has 0 aliphatic carbocycles. The topological polar surface area (TPSA) is 15.6 Å². The zero-order valence-corrected chi connectivity index (χ0v) is 15.0. The van der Waals surface area contributed by atoms with Gasteiger partial charge in [0.1, 0.15) is 0 Å². The van der Waals surface area contributed by atoms with Crippen LogP contribution in [-0.4, -0.2) is 22.7 Å². The Morgan fingerprint density at radius 1 is 1.00 bits per heavy atom. The first-order valence-electron chi connectivity index (χ1n) is 8.60. The molecule has 0 amide bonds. The highest BCUT2D eigenvalue weighted by atomic mass is 32.2. The third kappa shape index (κ3) is 2.89. The highest BCUT2D eigenvalue weighted by Crippen LogP contribution is 2.47. The van der Waals surface area contributed by atoms with E-state index in [4.69, 9.17) is 4.99 Å². The fraction of sp³-hybridized carbons (Fsp3) is 0.286. The summed E-state index contributed by atoms with van der Waals surface area (Å²) in [6, 6.07) is 21.8. The first kappa shape index (κ1) is 15.5. The molecule has 122 valence electrons. The average molecular weight is 334 g/mol. The second kappa shape index (κ2) is 6.48. The molecule has 0 N–H and O–H groups in total. The van der Waals surface area contributed by atoms with Crippen molar-refractivity contribution in [1.29, 1.82) is 0 Å². The van der Waals surface area contributed by atoms with E-state index in [2.05, 4.69) is 79.4 Å². The van der Waals surface area contributed by atoms with Crippen LogP contribution in [0.15, 0.2) is 65.7 Å². The number of hydrogen-bond acceptors (Lipinski definition) is 3. The molecule has 2 heterocycles. The summed E-state index contributed by atoms with van der Waals surface area (Å²) in [4.78, 5) is 8.75. The van der Waals surface area contributed by atoms with E-state index in [1.54, 1.807) is 0 Å². The molecular weight excluding hydrogens is 312 g/mol. The van der Waals surface area contributed by atoms with Gasteiger partial charge in [-0.3, -0.25) is 4.99 Å². The van der Waals surface area contributed by atoms with Crippen LogP contribution < -0.4 is 0 Å². The third-order valence-electron chi connectivity index (χ3n) is 4.42. The minimum atomic E-state index is 0.420. The SMILES string of the molecule is CC(C)C[C@@H]1CN2C(=N1)SC(c1ccccc1)=C2c1ccccc1. The second-order valence-electron chi connectivity index (χ2n) is 6.82. The maximum absolute atomic E-state index is 5.01. The van der Waals surface area contributed by atoms with E-state index in [0.29, 0.717) is 12.0 Å². The molecule has 1 atom stereocenters. The first-order chi connectivity index (χ1) is 11.7. The minimum Gasteiger partial charge on any atom is -0.317 e. The molecule has 0 spiro atoms. The van der Waals surface area contributed by atoms with Crippen molar-refractivity contribution < 1.29 is 0 Å². The van der Waals surface area contributed by atoms with Crippen molar-refractivity contribution >= 4 is 27.5 Å². The van der Waals surface area contributed by atoms with E-state index in [9.17, 15) is 0 Å². The normalized spacial score (nSPS) is 19.9. The summed E-state index contributed by atoms with van der Waals surface area (Å²) in [5, 5.41) is 1.17. The Hall–Kier alpha value is -2.00. The lowest BCUT2D eigenvalue weighted by molar-refractivity contribution is 0.466. The molecule has 3 heteroatoms. The molecule has 0 saturated heterocycles. The van der Waals surface area contributed by atoms with E-state index >= 15 is 0 Å². The van der Waals surface area contributed by atoms with Gasteiger partial charge in [-0.05, 0) is 35.2 Å². The molecule has 0 fully saturated rings. The maximum atomic E-state index is 5.01. The number of fused-ring (bicyclic) bond motifs is 1. The molecule has 0 bridgehead atoms. The standard InChI is InChI=1S/C21H22N2S/c1-15(2)13-18-14-23-19(16-9-5-3-6-10-16)20(24-21(23)22-18)17-11-7-4-8-12-17/h3-12,15,18H,13-14H2,1-2H3/t18-/m1/s1. The summed E-state index contributed by atoms with van der Waals surface area (Å²) in [6.45, 7) is 5.56. The lowest BCUT2D eigenvalue weighted by Crippen LogP contribution is -2.24. The number of thioether (sulfide) groups is 1. The molecule has 24 heavy (non-hydrogen) atoms. The number of aliphatic imine (C=N–C) groups is 1. The largest absolute Gasteiger partial charge is 0.317 e. The molecule has 0 unspecified atom stereocenters. The van der Waals surface area contributed by atoms with Gasteiger partial charge in [0.25, 0.3) is 0 Å². The zero-order valence-electron chi connectivity index (χ0n) is 14.1. The van der Waals surface area contributed by atoms with Crippen LogP contribution >= 0.6 is 11.8 Å². The van der Waals surface area contributed by atoms with Gasteiger partial charge in [-0.25, -0.2) is 0 Å². The minimum absolute atomic E-state index is 0.420. The van der Waals surface area contributed by atoms with Gasteiger partial charge >= 0.3 is 0 Å². The van der Waals surface area contributed by atoms with Crippen LogP contribution in [0.25, 0.3) is 10.6 Å². The van der Waals surface area contributed by atoms with Crippen molar-refractivity contribution in [2.45, 2.75) is 26.3 Å². The lowest BCUT2D eigenvalue weighted by Gasteiger charge is -2.20. The second-order valence-corrected chi connectivity index (χ2v) is 7.80. The van der Waals surface area contributed by atoms with Crippen molar-refractivity contribution in [2.24, 2.45) is 10.9 Å². The van der Waals surface area contributed by atoms with Gasteiger partial charge in [-0.1, -0.05) is 74.5 Å². The number of hydrogen-bond donors (Lipinski definition) is 0. The number of benzene rings is 2. The predicted molar refractivity (Wildman–Crippen MR) is 105 cm³/mol. The van der Waals surface area contributed by atoms with Crippen molar-refractivity contribution in [3.63, 3.8) is 0 Å². The summed E-state index contributed by atoms with van der Waals surface area (Å²) in [5.74, 6) is 0.683. The highest BCUT2D eigenvalue weighted by Gasteiger charge is 2.37. The summed E-state index contributed by atoms with van der Waals surface area (Å²) in [6.07, 6.45) is 1.16. The molecule has 2 aromatic rings. The summed E-state index contributed by atoms with van der Waals surface area (Å²) < 4.78 is 0. The van der Waals surface area contributed by atoms with Crippen molar-refractivity contribution in [3.05, 3.63) is 71.8 Å². The zero-order chi connectivity index (χ0) is 16.5. The summed E-state index contributed by atoms with van der Waals surface area (Å²) >= 11 is 1.82. The van der Waals surface area contributed by atoms with Gasteiger partial charge in [0.2, 0.25) is 0 Å². The van der Waals surface area contributed by atoms with Crippen molar-refractivity contribution in [3.8, 4) is 0 Å². The molecule has 4 rings (SSSR count). The van der Waals surface area contributed by atoms with Gasteiger partial charge in [0, 0.05) is 11.4 Å². The molecule has 0 radical (unpaired) electrons. The van der Waals surface area contributed by atoms with Crippen LogP contribution in [0.5, 0.6) is 0 Å². The van der Waals surface area contributed by atoms with E-state index < -0.39 is 0 Å². The Morgan fingerprint density at radius 2 is 1.62 bits per heavy atom. The van der Waals surface area contributed by atoms with Gasteiger partial charge in [-0.2, -0.15) is 0 Å². The Kier molecular flexibility index (Phi) is 4.19. The molecule has 2 nitrogen and oxygen atoms in total. The summed E-state index contributed by atoms with van der Waals surface area (Å²) in [7, 11) is 0. The number of nitrogens with zero attached hydrogens (tertiary/aromatic N) is 2. The van der Waals surface area contributed by atoms with E-state index in [1.807, 2.05) is 11.8 Å². The Labute approximate surface area is 148 Å². The molecule has 0 aromatic heterocycles. The van der Waals surface area contributed by atoms with Crippen molar-refractivity contribution in [1.82, 2.24) is 4.90 Å². The smallest absolute Gasteiger partial charge is 0.169 e. The van der Waals surface area contributed by atoms with Gasteiger partial charge < -0.3 is 4.90 Å². The Bertz CT molecular complexity index is 778. The van der Waals surface area contributed by atoms with Gasteiger partial charge in [-0.15, -0.1) is 0 Å². The number of amidine groups is 1. The first-order valence-corrected chi connectivity index (χ1v) is 9.42. The van der Waals surface area contributed by atoms with Gasteiger partial charge in [0.05, 0.1) is 11.7 Å². The fourth-order valence-corrected chi connectivity index (χ4v) is 4.66. The maximum Gasteiger partial charge on any atom is 0.169 e. The van der Waals surface area contributed by atoms with E-state index in [-0.39, 0.29) is 0 Å². The van der Waals surface area contributed by atoms with E-state index in [1.165, 1.54) is 26.9 Å². The van der Waals surface area contributed by atoms with Crippen LogP contribution in [0.4, 0.5) is 0 Å². The molecule has 2 aliphatic heterocycles. The molecule has 0 saturated carbocycles. The van der Waals surface area contributed by atoms with Crippen LogP contribution in [0.1, 0.15) is 31.4 Å². The fourth-order valence-electron chi connectivity index (χ4n) is 3.43. The average Bonchev–Trinajstić information content (AvgIpc) is 3.12. The predicted octanol–water partition coefficient (Wildman–Crippen LogP) is 5.35. The Morgan fingerprint density at radius 3 is 2.25 bits per heavy atom. The monoisotopic (exact) mass is 334 g/mol. The highest BCUT2D eigenvalue weighted by molar-refractivity contribution is 8.22. The summed E-state index contributed by atoms with van der Waals surface area (Å²) in [5.41, 5.74) is 3.87. The lowest BCUT2D eigenvalue weighted by atomic mass is 10.0. The van der Waals surface area contributed by atoms with E-state index in [0.717, 1.165) is 13.0 Å². The van der Waals surface area contributed by atoms with Crippen LogP contribution in [-0.2, 0) is 0 Å².